The summed E-state index contributed by atoms with van der Waals surface area (Å²) in [5.41, 5.74) is 2.45. The highest BCUT2D eigenvalue weighted by atomic mass is 16.3. The van der Waals surface area contributed by atoms with Gasteiger partial charge in [-0.1, -0.05) is 24.3 Å². The first-order valence-electron chi connectivity index (χ1n) is 6.30. The quantitative estimate of drug-likeness (QED) is 0.913. The fraction of sp³-hybridized carbons (Fsp3) is 0.188. The molecular formula is C16H17NO2. The van der Waals surface area contributed by atoms with Crippen molar-refractivity contribution in [3.05, 3.63) is 59.7 Å². The number of nitrogens with zero attached hydrogens (tertiary/aromatic N) is 1. The lowest BCUT2D eigenvalue weighted by Gasteiger charge is -2.23. The van der Waals surface area contributed by atoms with Crippen molar-refractivity contribution in [2.75, 3.05) is 11.4 Å². The van der Waals surface area contributed by atoms with Crippen LogP contribution >= 0.6 is 0 Å². The van der Waals surface area contributed by atoms with Crippen molar-refractivity contribution >= 4 is 11.6 Å². The van der Waals surface area contributed by atoms with Gasteiger partial charge in [0.05, 0.1) is 0 Å². The smallest absolute Gasteiger partial charge is 0.258 e. The Morgan fingerprint density at radius 2 is 1.89 bits per heavy atom. The summed E-state index contributed by atoms with van der Waals surface area (Å²) in [6, 6.07) is 14.2. The van der Waals surface area contributed by atoms with Gasteiger partial charge in [0.25, 0.3) is 5.91 Å². The monoisotopic (exact) mass is 255 g/mol. The van der Waals surface area contributed by atoms with Gasteiger partial charge in [0.2, 0.25) is 0 Å². The van der Waals surface area contributed by atoms with Crippen molar-refractivity contribution < 1.29 is 9.90 Å². The molecule has 3 heteroatoms. The molecule has 0 fully saturated rings. The number of hydrogen-bond donors (Lipinski definition) is 1. The second kappa shape index (κ2) is 5.57. The minimum atomic E-state index is -0.104. The molecule has 2 aromatic rings. The molecule has 0 aromatic heterocycles. The summed E-state index contributed by atoms with van der Waals surface area (Å²) in [6.45, 7) is 4.50. The van der Waals surface area contributed by atoms with E-state index in [4.69, 9.17) is 0 Å². The van der Waals surface area contributed by atoms with E-state index in [1.165, 1.54) is 6.07 Å². The number of benzene rings is 2. The molecule has 19 heavy (non-hydrogen) atoms. The Bertz CT molecular complexity index is 593. The van der Waals surface area contributed by atoms with Crippen LogP contribution in [0.15, 0.2) is 48.5 Å². The van der Waals surface area contributed by atoms with Crippen LogP contribution in [0, 0.1) is 6.92 Å². The highest BCUT2D eigenvalue weighted by molar-refractivity contribution is 6.06. The molecule has 0 radical (unpaired) electrons. The third-order valence-corrected chi connectivity index (χ3v) is 3.06. The molecule has 0 aliphatic carbocycles. The van der Waals surface area contributed by atoms with E-state index in [2.05, 4.69) is 0 Å². The van der Waals surface area contributed by atoms with Crippen LogP contribution in [0.3, 0.4) is 0 Å². The van der Waals surface area contributed by atoms with E-state index >= 15 is 0 Å². The summed E-state index contributed by atoms with van der Waals surface area (Å²) in [7, 11) is 0. The lowest BCUT2D eigenvalue weighted by molar-refractivity contribution is 0.0988. The second-order valence-electron chi connectivity index (χ2n) is 4.39. The number of carbonyl (C=O) groups excluding carboxylic acids is 1. The molecule has 1 N–H and O–H groups in total. The minimum absolute atomic E-state index is 0.103. The summed E-state index contributed by atoms with van der Waals surface area (Å²) in [6.07, 6.45) is 0. The highest BCUT2D eigenvalue weighted by Gasteiger charge is 2.17. The number of hydrogen-bond acceptors (Lipinski definition) is 2. The molecule has 0 atom stereocenters. The van der Waals surface area contributed by atoms with Gasteiger partial charge in [-0.15, -0.1) is 0 Å². The SMILES string of the molecule is CCN(C(=O)c1cccc(O)c1)c1ccccc1C. The van der Waals surface area contributed by atoms with Crippen molar-refractivity contribution in [3.63, 3.8) is 0 Å². The number of carbonyl (C=O) groups is 1. The van der Waals surface area contributed by atoms with Crippen LogP contribution in [0.5, 0.6) is 5.75 Å². The molecule has 0 saturated carbocycles. The number of rotatable bonds is 3. The number of aromatic hydroxyl groups is 1. The Balaban J connectivity index is 2.38. The molecule has 0 aliphatic heterocycles. The van der Waals surface area contributed by atoms with Gasteiger partial charge in [-0.3, -0.25) is 4.79 Å². The van der Waals surface area contributed by atoms with Crippen molar-refractivity contribution in [1.29, 1.82) is 0 Å². The standard InChI is InChI=1S/C16H17NO2/c1-3-17(15-10-5-4-7-12(15)2)16(19)13-8-6-9-14(18)11-13/h4-11,18H,3H2,1-2H3. The van der Waals surface area contributed by atoms with E-state index in [0.717, 1.165) is 11.3 Å². The van der Waals surface area contributed by atoms with Crippen LogP contribution < -0.4 is 4.90 Å². The third-order valence-electron chi connectivity index (χ3n) is 3.06. The van der Waals surface area contributed by atoms with E-state index in [0.29, 0.717) is 12.1 Å². The molecule has 98 valence electrons. The summed E-state index contributed by atoms with van der Waals surface area (Å²) >= 11 is 0. The fourth-order valence-electron chi connectivity index (χ4n) is 2.08. The fourth-order valence-corrected chi connectivity index (χ4v) is 2.08. The first-order valence-corrected chi connectivity index (χ1v) is 6.30. The first kappa shape index (κ1) is 13.1. The Morgan fingerprint density at radius 3 is 2.53 bits per heavy atom. The zero-order chi connectivity index (χ0) is 13.8. The number of phenolic OH excluding ortho intramolecular Hbond substituents is 1. The summed E-state index contributed by atoms with van der Waals surface area (Å²) in [5.74, 6) is -0.000568. The van der Waals surface area contributed by atoms with Crippen LogP contribution in [-0.4, -0.2) is 17.6 Å². The summed E-state index contributed by atoms with van der Waals surface area (Å²) < 4.78 is 0. The zero-order valence-corrected chi connectivity index (χ0v) is 11.1. The van der Waals surface area contributed by atoms with Gasteiger partial charge < -0.3 is 10.0 Å². The van der Waals surface area contributed by atoms with Crippen LogP contribution in [0.25, 0.3) is 0 Å². The molecule has 2 aromatic carbocycles. The van der Waals surface area contributed by atoms with Crippen molar-refractivity contribution in [2.24, 2.45) is 0 Å². The predicted octanol–water partition coefficient (Wildman–Crippen LogP) is 3.37. The number of phenols is 1. The van der Waals surface area contributed by atoms with E-state index in [9.17, 15) is 9.90 Å². The number of aryl methyl sites for hydroxylation is 1. The maximum absolute atomic E-state index is 12.5. The average Bonchev–Trinajstić information content (AvgIpc) is 2.41. The molecule has 1 amide bonds. The van der Waals surface area contributed by atoms with E-state index in [-0.39, 0.29) is 11.7 Å². The van der Waals surface area contributed by atoms with Gasteiger partial charge in [0.15, 0.2) is 0 Å². The topological polar surface area (TPSA) is 40.5 Å². The number of para-hydroxylation sites is 1. The molecule has 2 rings (SSSR count). The number of amides is 1. The van der Waals surface area contributed by atoms with E-state index < -0.39 is 0 Å². The Kier molecular flexibility index (Phi) is 3.85. The van der Waals surface area contributed by atoms with Gasteiger partial charge >= 0.3 is 0 Å². The maximum atomic E-state index is 12.5. The molecule has 0 heterocycles. The lowest BCUT2D eigenvalue weighted by Crippen LogP contribution is -2.31. The summed E-state index contributed by atoms with van der Waals surface area (Å²) in [4.78, 5) is 14.2. The van der Waals surface area contributed by atoms with Gasteiger partial charge in [0.1, 0.15) is 5.75 Å². The van der Waals surface area contributed by atoms with E-state index in [1.807, 2.05) is 38.1 Å². The zero-order valence-electron chi connectivity index (χ0n) is 11.1. The molecule has 0 aliphatic rings. The van der Waals surface area contributed by atoms with E-state index in [1.54, 1.807) is 23.1 Å². The van der Waals surface area contributed by atoms with Crippen LogP contribution in [0.4, 0.5) is 5.69 Å². The van der Waals surface area contributed by atoms with Crippen molar-refractivity contribution in [2.45, 2.75) is 13.8 Å². The van der Waals surface area contributed by atoms with Gasteiger partial charge in [-0.05, 0) is 43.7 Å². The third kappa shape index (κ3) is 2.76. The maximum Gasteiger partial charge on any atom is 0.258 e. The summed E-state index contributed by atoms with van der Waals surface area (Å²) in [5, 5.41) is 9.47. The molecule has 0 spiro atoms. The van der Waals surface area contributed by atoms with Gasteiger partial charge in [0, 0.05) is 17.8 Å². The normalized spacial score (nSPS) is 10.2. The molecular weight excluding hydrogens is 238 g/mol. The molecule has 0 bridgehead atoms. The van der Waals surface area contributed by atoms with Crippen molar-refractivity contribution in [3.8, 4) is 5.75 Å². The predicted molar refractivity (Wildman–Crippen MR) is 76.6 cm³/mol. The van der Waals surface area contributed by atoms with Gasteiger partial charge in [-0.2, -0.15) is 0 Å². The Morgan fingerprint density at radius 1 is 1.16 bits per heavy atom. The Labute approximate surface area is 113 Å². The lowest BCUT2D eigenvalue weighted by atomic mass is 10.1. The number of anilines is 1. The van der Waals surface area contributed by atoms with Crippen LogP contribution in [-0.2, 0) is 0 Å². The van der Waals surface area contributed by atoms with Crippen molar-refractivity contribution in [1.82, 2.24) is 0 Å². The first-order chi connectivity index (χ1) is 9.13. The minimum Gasteiger partial charge on any atom is -0.508 e. The largest absolute Gasteiger partial charge is 0.508 e. The van der Waals surface area contributed by atoms with Crippen LogP contribution in [0.1, 0.15) is 22.8 Å². The molecule has 0 saturated heterocycles. The van der Waals surface area contributed by atoms with Crippen LogP contribution in [0.2, 0.25) is 0 Å². The highest BCUT2D eigenvalue weighted by Crippen LogP contribution is 2.22. The second-order valence-corrected chi connectivity index (χ2v) is 4.39. The average molecular weight is 255 g/mol. The Hall–Kier alpha value is -2.29. The molecule has 3 nitrogen and oxygen atoms in total. The van der Waals surface area contributed by atoms with Gasteiger partial charge in [-0.25, -0.2) is 0 Å². The molecule has 0 unspecified atom stereocenters.